The van der Waals surface area contributed by atoms with Gasteiger partial charge in [0.25, 0.3) is 5.91 Å². The first-order valence-corrected chi connectivity index (χ1v) is 13.6. The molecule has 0 saturated carbocycles. The summed E-state index contributed by atoms with van der Waals surface area (Å²) in [6.45, 7) is 7.05. The number of hydrogen-bond donors (Lipinski definition) is 4. The zero-order valence-corrected chi connectivity index (χ0v) is 20.4. The number of nitrogens with zero attached hydrogens (tertiary/aromatic N) is 2. The Morgan fingerprint density at radius 1 is 1.09 bits per heavy atom. The van der Waals surface area contributed by atoms with Crippen LogP contribution < -0.4 is 5.32 Å². The quantitative estimate of drug-likeness (QED) is 0.167. The molecule has 1 aliphatic rings. The second-order valence-corrected chi connectivity index (χ2v) is 14.0. The lowest BCUT2D eigenvalue weighted by molar-refractivity contribution is -0.380. The van der Waals surface area contributed by atoms with E-state index in [0.717, 1.165) is 12.1 Å². The van der Waals surface area contributed by atoms with Gasteiger partial charge in [0.05, 0.1) is 15.5 Å². The Morgan fingerprint density at radius 2 is 1.66 bits per heavy atom. The van der Waals surface area contributed by atoms with Crippen LogP contribution in [0.4, 0.5) is 9.39 Å². The Labute approximate surface area is 203 Å². The maximum Gasteiger partial charge on any atom is 0.339 e. The molecule has 0 aliphatic carbocycles. The molecule has 13 heteroatoms. The number of carbonyl (C=O) groups excluding carboxylic acids is 1. The fraction of sp³-hybridized carbons (Fsp3) is 0.182. The van der Waals surface area contributed by atoms with Crippen molar-refractivity contribution in [3.63, 3.8) is 0 Å². The van der Waals surface area contributed by atoms with Gasteiger partial charge in [-0.15, -0.1) is 0 Å². The third-order valence-electron chi connectivity index (χ3n) is 6.25. The third kappa shape index (κ3) is 3.82. The molecule has 35 heavy (non-hydrogen) atoms. The summed E-state index contributed by atoms with van der Waals surface area (Å²) < 4.78 is 17.8. The highest BCUT2D eigenvalue weighted by Crippen LogP contribution is 2.87. The predicted octanol–water partition coefficient (Wildman–Crippen LogP) is 4.06. The van der Waals surface area contributed by atoms with E-state index >= 15 is 0 Å². The molecule has 3 N–H and O–H groups in total. The van der Waals surface area contributed by atoms with Gasteiger partial charge < -0.3 is 15.5 Å². The minimum atomic E-state index is -4.21. The molecule has 2 aromatic rings. The van der Waals surface area contributed by atoms with Crippen LogP contribution in [0.3, 0.4) is 0 Å². The van der Waals surface area contributed by atoms with E-state index in [0.29, 0.717) is 11.3 Å². The van der Waals surface area contributed by atoms with E-state index in [1.165, 1.54) is 24.3 Å². The lowest BCUT2D eigenvalue weighted by Gasteiger charge is -2.58. The third-order valence-corrected chi connectivity index (χ3v) is 13.8. The van der Waals surface area contributed by atoms with Crippen LogP contribution in [-0.2, 0) is 9.59 Å². The van der Waals surface area contributed by atoms with Crippen molar-refractivity contribution >= 4 is 55.2 Å². The minimum Gasteiger partial charge on any atom is -0.478 e. The van der Waals surface area contributed by atoms with Crippen molar-refractivity contribution in [2.75, 3.05) is 11.5 Å². The number of thiophene rings is 1. The second kappa shape index (κ2) is 9.07. The van der Waals surface area contributed by atoms with Gasteiger partial charge in [-0.05, 0) is 48.6 Å². The number of benzene rings is 1. The smallest absolute Gasteiger partial charge is 0.339 e. The lowest BCUT2D eigenvalue weighted by atomic mass is 10.1. The maximum atomic E-state index is 13.4. The molecule has 0 atom stereocenters. The van der Waals surface area contributed by atoms with Gasteiger partial charge in [-0.2, -0.15) is 9.35 Å². The van der Waals surface area contributed by atoms with Crippen LogP contribution in [0.15, 0.2) is 57.0 Å². The van der Waals surface area contributed by atoms with Crippen LogP contribution in [0.1, 0.15) is 29.1 Å². The molecule has 186 valence electrons. The molecule has 1 amide bonds. The molecular weight excluding hydrogens is 501 g/mol. The normalized spacial score (nSPS) is 17.4. The molecule has 1 aromatic carbocycles. The Balaban J connectivity index is 2.40. The van der Waals surface area contributed by atoms with Crippen molar-refractivity contribution < 1.29 is 33.9 Å². The number of carboxylic acid groups (broad SMARTS) is 2. The number of carboxylic acids is 2. The molecule has 1 aliphatic heterocycles. The van der Waals surface area contributed by atoms with Crippen molar-refractivity contribution in [2.24, 2.45) is 4.40 Å². The van der Waals surface area contributed by atoms with Gasteiger partial charge in [0.15, 0.2) is 0 Å². The van der Waals surface area contributed by atoms with Crippen molar-refractivity contribution in [3.05, 3.63) is 78.9 Å². The molecule has 0 fully saturated rings. The highest BCUT2D eigenvalue weighted by atomic mass is 32.3. The summed E-state index contributed by atoms with van der Waals surface area (Å²) in [5, 5.41) is 33.7. The molecule has 2 heterocycles. The summed E-state index contributed by atoms with van der Waals surface area (Å²) in [6, 6.07) is 7.05. The van der Waals surface area contributed by atoms with Crippen molar-refractivity contribution in [1.29, 1.82) is 0 Å². The van der Waals surface area contributed by atoms with E-state index in [1.54, 1.807) is 13.8 Å². The summed E-state index contributed by atoms with van der Waals surface area (Å²) in [5.41, 5.74) is -1.25. The summed E-state index contributed by atoms with van der Waals surface area (Å²) in [5.74, 6) is -4.38. The molecular formula is C22H22FN3O7S2. The lowest BCUT2D eigenvalue weighted by Crippen LogP contribution is -2.34. The Bertz CT molecular complexity index is 1340. The first-order chi connectivity index (χ1) is 16.5. The van der Waals surface area contributed by atoms with Crippen LogP contribution in [0.2, 0.25) is 0 Å². The van der Waals surface area contributed by atoms with E-state index < -0.39 is 49.1 Å². The summed E-state index contributed by atoms with van der Waals surface area (Å²) in [4.78, 5) is 48.9. The van der Waals surface area contributed by atoms with Gasteiger partial charge in [0, 0.05) is 21.4 Å². The zero-order valence-electron chi connectivity index (χ0n) is 18.6. The second-order valence-electron chi connectivity index (χ2n) is 7.64. The van der Waals surface area contributed by atoms with Gasteiger partial charge in [-0.3, -0.25) is 19.3 Å². The van der Waals surface area contributed by atoms with E-state index in [-0.39, 0.29) is 36.9 Å². The zero-order chi connectivity index (χ0) is 26.2. The largest absolute Gasteiger partial charge is 0.478 e. The number of hydrogen-bond acceptors (Lipinski definition) is 7. The average Bonchev–Trinajstić information content (AvgIpc) is 3.40. The number of thiol groups is 1. The van der Waals surface area contributed by atoms with E-state index in [1.807, 2.05) is 0 Å². The van der Waals surface area contributed by atoms with Crippen LogP contribution in [-0.4, -0.2) is 51.2 Å². The topological polar surface area (TPSA) is 159 Å². The Hall–Kier alpha value is -3.84. The highest BCUT2D eigenvalue weighted by molar-refractivity contribution is 8.58. The van der Waals surface area contributed by atoms with E-state index in [9.17, 15) is 39.1 Å². The highest BCUT2D eigenvalue weighted by Gasteiger charge is 2.56. The van der Waals surface area contributed by atoms with E-state index in [4.69, 9.17) is 0 Å². The molecule has 0 saturated heterocycles. The monoisotopic (exact) mass is 523 g/mol. The first kappa shape index (κ1) is 25.8. The molecule has 10 nitrogen and oxygen atoms in total. The van der Waals surface area contributed by atoms with Gasteiger partial charge in [0.2, 0.25) is 0 Å². The minimum absolute atomic E-state index is 0.00797. The summed E-state index contributed by atoms with van der Waals surface area (Å²) >= 11 is 0.690. The Kier molecular flexibility index (Phi) is 6.68. The number of rotatable bonds is 9. The van der Waals surface area contributed by atoms with Gasteiger partial charge in [0.1, 0.15) is 11.4 Å². The van der Waals surface area contributed by atoms with E-state index in [2.05, 4.69) is 16.4 Å². The summed E-state index contributed by atoms with van der Waals surface area (Å²) in [7, 11) is -4.21. The van der Waals surface area contributed by atoms with Crippen LogP contribution in [0.25, 0.3) is 4.91 Å². The number of nitro groups is 1. The first-order valence-electron chi connectivity index (χ1n) is 10.2. The molecule has 0 unspecified atom stereocenters. The van der Waals surface area contributed by atoms with Crippen molar-refractivity contribution in [3.8, 4) is 0 Å². The van der Waals surface area contributed by atoms with Gasteiger partial charge in [-0.25, -0.2) is 14.0 Å². The maximum absolute atomic E-state index is 13.4. The van der Waals surface area contributed by atoms with Crippen LogP contribution >= 0.6 is 20.7 Å². The number of aliphatic carboxylic acids is 2. The van der Waals surface area contributed by atoms with Gasteiger partial charge >= 0.3 is 16.9 Å². The molecule has 0 bridgehead atoms. The molecule has 3 rings (SSSR count). The van der Waals surface area contributed by atoms with Gasteiger partial charge in [-0.1, -0.05) is 25.2 Å². The predicted molar refractivity (Wildman–Crippen MR) is 134 cm³/mol. The number of amides is 1. The summed E-state index contributed by atoms with van der Waals surface area (Å²) in [6.07, 6.45) is 0. The standard InChI is InChI=1S/C22H22FN3O7S2/c1-4-35(5-2,24-3)18(14-10-11-15(34-14)26(32)33)16(21(28)29)17(22(30)31)20(35)25-19(27)12-6-8-13(23)9-7-12/h6-11,35H,3-5H2,1-2H3,(H,25,27)(H,28,29)(H,30,31). The molecule has 1 aromatic heterocycles. The molecule has 0 spiro atoms. The SMILES string of the molecule is C=N[SH]1(CC)(CC)C(NC(=O)c2ccc(F)cc2)=C(C(=O)O)C(C(=O)O)=C1c1ccc([N+](=O)[O-])s1. The fourth-order valence-corrected chi connectivity index (χ4v) is 11.0. The number of carbonyl (C=O) groups is 3. The van der Waals surface area contributed by atoms with Crippen molar-refractivity contribution in [1.82, 2.24) is 5.32 Å². The van der Waals surface area contributed by atoms with Crippen LogP contribution in [0, 0.1) is 15.9 Å². The number of halogens is 1. The Morgan fingerprint density at radius 3 is 2.09 bits per heavy atom. The molecule has 0 radical (unpaired) electrons. The fourth-order valence-electron chi connectivity index (χ4n) is 4.40. The average molecular weight is 524 g/mol. The van der Waals surface area contributed by atoms with Crippen LogP contribution in [0.5, 0.6) is 0 Å². The van der Waals surface area contributed by atoms with Crippen molar-refractivity contribution in [2.45, 2.75) is 13.8 Å². The number of nitrogens with one attached hydrogen (secondary N) is 1.